The molecule has 1 aromatic rings. The molecule has 2 N–H and O–H groups in total. The van der Waals surface area contributed by atoms with Gasteiger partial charge in [0, 0.05) is 18.7 Å². The van der Waals surface area contributed by atoms with Crippen LogP contribution in [0.3, 0.4) is 0 Å². The second-order valence-electron chi connectivity index (χ2n) is 5.07. The molecule has 0 aliphatic carbocycles. The highest BCUT2D eigenvalue weighted by atomic mass is 32.2. The number of sulfonamides is 1. The number of carbonyl (C=O) groups is 1. The van der Waals surface area contributed by atoms with Gasteiger partial charge in [0.25, 0.3) is 0 Å². The highest BCUT2D eigenvalue weighted by Crippen LogP contribution is 2.18. The lowest BCUT2D eigenvalue weighted by atomic mass is 10.1. The molecule has 0 bridgehead atoms. The molecule has 1 aromatic carbocycles. The van der Waals surface area contributed by atoms with Crippen LogP contribution >= 0.6 is 0 Å². The smallest absolute Gasteiger partial charge is 0.227 e. The molecule has 1 unspecified atom stereocenters. The van der Waals surface area contributed by atoms with Crippen molar-refractivity contribution in [3.8, 4) is 0 Å². The molecule has 1 heterocycles. The molecule has 116 valence electrons. The number of piperidine rings is 1. The van der Waals surface area contributed by atoms with E-state index >= 15 is 0 Å². The van der Waals surface area contributed by atoms with Crippen molar-refractivity contribution in [2.24, 2.45) is 5.14 Å². The van der Waals surface area contributed by atoms with Crippen molar-refractivity contribution in [2.75, 3.05) is 13.1 Å². The van der Waals surface area contributed by atoms with Crippen molar-refractivity contribution in [3.05, 3.63) is 35.4 Å². The van der Waals surface area contributed by atoms with Gasteiger partial charge in [-0.2, -0.15) is 0 Å². The summed E-state index contributed by atoms with van der Waals surface area (Å²) in [6.07, 6.45) is 0.444. The predicted octanol–water partition coefficient (Wildman–Crippen LogP) is 0.787. The number of hydrogen-bond donors (Lipinski definition) is 1. The Balaban J connectivity index is 2.10. The van der Waals surface area contributed by atoms with E-state index in [1.165, 1.54) is 11.0 Å². The Kier molecular flexibility index (Phi) is 4.58. The number of benzene rings is 1. The fraction of sp³-hybridized carbons (Fsp3) is 0.462. The molecule has 0 spiro atoms. The third-order valence-electron chi connectivity index (χ3n) is 3.59. The minimum absolute atomic E-state index is 0.0340. The number of primary sulfonamides is 1. The van der Waals surface area contributed by atoms with Gasteiger partial charge in [-0.15, -0.1) is 0 Å². The summed E-state index contributed by atoms with van der Waals surface area (Å²) in [5.41, 5.74) is -0.305. The number of likely N-dealkylation sites (tertiary alicyclic amines) is 1. The molecule has 0 saturated carbocycles. The molecular formula is C13H16F2N2O3S. The highest BCUT2D eigenvalue weighted by Gasteiger charge is 2.30. The minimum atomic E-state index is -3.72. The summed E-state index contributed by atoms with van der Waals surface area (Å²) >= 11 is 0. The van der Waals surface area contributed by atoms with Gasteiger partial charge in [0.1, 0.15) is 11.6 Å². The Hall–Kier alpha value is -1.54. The topological polar surface area (TPSA) is 80.5 Å². The van der Waals surface area contributed by atoms with Crippen LogP contribution in [-0.4, -0.2) is 37.6 Å². The van der Waals surface area contributed by atoms with Crippen LogP contribution in [0.2, 0.25) is 0 Å². The summed E-state index contributed by atoms with van der Waals surface area (Å²) in [6, 6.07) is 3.38. The predicted molar refractivity (Wildman–Crippen MR) is 72.8 cm³/mol. The third-order valence-corrected chi connectivity index (χ3v) is 4.90. The summed E-state index contributed by atoms with van der Waals surface area (Å²) in [4.78, 5) is 13.4. The number of halogens is 2. The number of nitrogens with zero attached hydrogens (tertiary/aromatic N) is 1. The van der Waals surface area contributed by atoms with E-state index in [9.17, 15) is 22.0 Å². The largest absolute Gasteiger partial charge is 0.341 e. The third kappa shape index (κ3) is 3.76. The maximum Gasteiger partial charge on any atom is 0.227 e. The van der Waals surface area contributed by atoms with Crippen molar-refractivity contribution in [3.63, 3.8) is 0 Å². The number of rotatable bonds is 3. The summed E-state index contributed by atoms with van der Waals surface area (Å²) in [5.74, 6) is -2.08. The van der Waals surface area contributed by atoms with Crippen molar-refractivity contribution in [1.29, 1.82) is 0 Å². The van der Waals surface area contributed by atoms with Gasteiger partial charge in [-0.3, -0.25) is 4.79 Å². The number of hydrogen-bond acceptors (Lipinski definition) is 3. The summed E-state index contributed by atoms with van der Waals surface area (Å²) < 4.78 is 49.7. The van der Waals surface area contributed by atoms with Gasteiger partial charge in [0.15, 0.2) is 0 Å². The molecule has 8 heteroatoms. The van der Waals surface area contributed by atoms with Gasteiger partial charge >= 0.3 is 0 Å². The molecule has 1 amide bonds. The number of nitrogens with two attached hydrogens (primary N) is 1. The van der Waals surface area contributed by atoms with Gasteiger partial charge in [-0.25, -0.2) is 22.3 Å². The zero-order chi connectivity index (χ0) is 15.6. The zero-order valence-corrected chi connectivity index (χ0v) is 12.1. The van der Waals surface area contributed by atoms with Gasteiger partial charge in [-0.1, -0.05) is 6.07 Å². The fourth-order valence-corrected chi connectivity index (χ4v) is 3.28. The fourth-order valence-electron chi connectivity index (χ4n) is 2.40. The first-order valence-electron chi connectivity index (χ1n) is 6.51. The molecule has 1 aliphatic heterocycles. The van der Waals surface area contributed by atoms with E-state index in [4.69, 9.17) is 5.14 Å². The molecule has 5 nitrogen and oxygen atoms in total. The van der Waals surface area contributed by atoms with Crippen LogP contribution in [0.25, 0.3) is 0 Å². The van der Waals surface area contributed by atoms with Crippen molar-refractivity contribution >= 4 is 15.9 Å². The molecule has 1 fully saturated rings. The first-order chi connectivity index (χ1) is 9.79. The maximum atomic E-state index is 13.5. The standard InChI is InChI=1S/C13H16F2N2O3S/c14-11-4-1-5-12(15)10(11)7-13(18)17-6-2-3-9(8-17)21(16,19)20/h1,4-5,9H,2-3,6-8H2,(H2,16,19,20). The lowest BCUT2D eigenvalue weighted by Crippen LogP contribution is -2.47. The number of amides is 1. The second kappa shape index (κ2) is 6.07. The Bertz CT molecular complexity index is 629. The van der Waals surface area contributed by atoms with E-state index in [-0.39, 0.29) is 12.1 Å². The Morgan fingerprint density at radius 1 is 1.33 bits per heavy atom. The minimum Gasteiger partial charge on any atom is -0.341 e. The average molecular weight is 318 g/mol. The molecule has 21 heavy (non-hydrogen) atoms. The molecule has 0 radical (unpaired) electrons. The first kappa shape index (κ1) is 15.8. The second-order valence-corrected chi connectivity index (χ2v) is 6.91. The number of carbonyl (C=O) groups excluding carboxylic acids is 1. The van der Waals surface area contributed by atoms with Crippen molar-refractivity contribution in [2.45, 2.75) is 24.5 Å². The van der Waals surface area contributed by atoms with Crippen LogP contribution < -0.4 is 5.14 Å². The van der Waals surface area contributed by atoms with E-state index in [0.717, 1.165) is 12.1 Å². The van der Waals surface area contributed by atoms with Gasteiger partial charge in [0.2, 0.25) is 15.9 Å². The summed E-state index contributed by atoms with van der Waals surface area (Å²) in [6.45, 7) is 0.328. The highest BCUT2D eigenvalue weighted by molar-refractivity contribution is 7.89. The maximum absolute atomic E-state index is 13.5. The van der Waals surface area contributed by atoms with Crippen LogP contribution in [0.4, 0.5) is 8.78 Å². The molecular weight excluding hydrogens is 302 g/mol. The molecule has 1 saturated heterocycles. The Morgan fingerprint density at radius 3 is 2.52 bits per heavy atom. The first-order valence-corrected chi connectivity index (χ1v) is 8.12. The van der Waals surface area contributed by atoms with E-state index in [0.29, 0.717) is 19.4 Å². The molecule has 1 aliphatic rings. The Morgan fingerprint density at radius 2 is 1.95 bits per heavy atom. The Labute approximate surface area is 121 Å². The van der Waals surface area contributed by atoms with Crippen molar-refractivity contribution < 1.29 is 22.0 Å². The monoisotopic (exact) mass is 318 g/mol. The van der Waals surface area contributed by atoms with E-state index < -0.39 is 39.2 Å². The van der Waals surface area contributed by atoms with Crippen LogP contribution in [0, 0.1) is 11.6 Å². The van der Waals surface area contributed by atoms with Crippen LogP contribution in [0.1, 0.15) is 18.4 Å². The summed E-state index contributed by atoms with van der Waals surface area (Å²) in [5, 5.41) is 4.27. The van der Waals surface area contributed by atoms with E-state index in [1.807, 2.05) is 0 Å². The average Bonchev–Trinajstić information content (AvgIpc) is 2.42. The van der Waals surface area contributed by atoms with Crippen LogP contribution in [-0.2, 0) is 21.2 Å². The summed E-state index contributed by atoms with van der Waals surface area (Å²) in [7, 11) is -3.72. The van der Waals surface area contributed by atoms with Gasteiger partial charge in [0.05, 0.1) is 11.7 Å². The lowest BCUT2D eigenvalue weighted by molar-refractivity contribution is -0.131. The van der Waals surface area contributed by atoms with E-state index in [1.54, 1.807) is 0 Å². The SMILES string of the molecule is NS(=O)(=O)C1CCCN(C(=O)Cc2c(F)cccc2F)C1. The quantitative estimate of drug-likeness (QED) is 0.894. The zero-order valence-electron chi connectivity index (χ0n) is 11.3. The molecule has 1 atom stereocenters. The van der Waals surface area contributed by atoms with Gasteiger partial charge in [-0.05, 0) is 25.0 Å². The molecule has 0 aromatic heterocycles. The lowest BCUT2D eigenvalue weighted by Gasteiger charge is -2.31. The van der Waals surface area contributed by atoms with Crippen molar-refractivity contribution in [1.82, 2.24) is 4.90 Å². The van der Waals surface area contributed by atoms with Gasteiger partial charge < -0.3 is 4.90 Å². The van der Waals surface area contributed by atoms with E-state index in [2.05, 4.69) is 0 Å². The van der Waals surface area contributed by atoms with Crippen LogP contribution in [0.5, 0.6) is 0 Å². The van der Waals surface area contributed by atoms with Crippen LogP contribution in [0.15, 0.2) is 18.2 Å². The molecule has 2 rings (SSSR count). The normalized spacial score (nSPS) is 19.6.